The zero-order valence-electron chi connectivity index (χ0n) is 34.2. The number of nitrogens with zero attached hydrogens (tertiary/aromatic N) is 2. The Balaban J connectivity index is 0.000000175. The highest BCUT2D eigenvalue weighted by molar-refractivity contribution is 7.98. The number of rotatable bonds is 10. The second kappa shape index (κ2) is 19.3. The van der Waals surface area contributed by atoms with Crippen LogP contribution in [0.5, 0.6) is 0 Å². The molecule has 9 rings (SSSR count). The Labute approximate surface area is 374 Å². The summed E-state index contributed by atoms with van der Waals surface area (Å²) in [6.45, 7) is 0. The SMILES string of the molecule is CS(=O)(=O)c1ccc(C(=O)Nc2cccc(-c3nc4ccccc4s3)c2)c(-c2ccccc2)c1.CSc1ccc(C(=O)Nc2cccc(-c3ccccn3)c2)c(-c2ccccc2)c1. The highest BCUT2D eigenvalue weighted by atomic mass is 32.2. The number of nitrogens with one attached hydrogen (secondary N) is 2. The molecular formula is C52H40N4O4S3. The summed E-state index contributed by atoms with van der Waals surface area (Å²) in [5.74, 6) is -0.449. The van der Waals surface area contributed by atoms with Crippen LogP contribution < -0.4 is 10.6 Å². The van der Waals surface area contributed by atoms with Gasteiger partial charge in [0, 0.05) is 51.0 Å². The number of carbonyl (C=O) groups is 2. The lowest BCUT2D eigenvalue weighted by Gasteiger charge is -2.13. The van der Waals surface area contributed by atoms with Gasteiger partial charge in [0.05, 0.1) is 20.8 Å². The van der Waals surface area contributed by atoms with Gasteiger partial charge in [0.2, 0.25) is 0 Å². The summed E-state index contributed by atoms with van der Waals surface area (Å²) >= 11 is 3.26. The third kappa shape index (κ3) is 10.3. The maximum atomic E-state index is 13.3. The lowest BCUT2D eigenvalue weighted by atomic mass is 9.99. The summed E-state index contributed by atoms with van der Waals surface area (Å²) in [6, 6.07) is 58.9. The second-order valence-corrected chi connectivity index (χ2v) is 18.3. The van der Waals surface area contributed by atoms with E-state index in [1.54, 1.807) is 41.4 Å². The Bertz CT molecular complexity index is 3140. The number of pyridine rings is 1. The molecule has 0 aliphatic rings. The van der Waals surface area contributed by atoms with Crippen LogP contribution in [0, 0.1) is 0 Å². The predicted octanol–water partition coefficient (Wildman–Crippen LogP) is 12.7. The highest BCUT2D eigenvalue weighted by Gasteiger charge is 2.18. The monoisotopic (exact) mass is 880 g/mol. The van der Waals surface area contributed by atoms with Gasteiger partial charge in [-0.25, -0.2) is 13.4 Å². The van der Waals surface area contributed by atoms with E-state index in [-0.39, 0.29) is 16.7 Å². The molecule has 0 atom stereocenters. The molecule has 2 heterocycles. The summed E-state index contributed by atoms with van der Waals surface area (Å²) in [4.78, 5) is 36.8. The first-order chi connectivity index (χ1) is 30.6. The first-order valence-corrected chi connectivity index (χ1v) is 23.8. The molecule has 8 nitrogen and oxygen atoms in total. The fourth-order valence-corrected chi connectivity index (χ4v) is 8.97. The van der Waals surface area contributed by atoms with Gasteiger partial charge >= 0.3 is 0 Å². The van der Waals surface area contributed by atoms with Crippen LogP contribution in [-0.2, 0) is 9.84 Å². The number of hydrogen-bond acceptors (Lipinski definition) is 8. The maximum absolute atomic E-state index is 13.3. The van der Waals surface area contributed by atoms with Crippen molar-refractivity contribution >= 4 is 66.3 Å². The van der Waals surface area contributed by atoms with E-state index in [4.69, 9.17) is 4.98 Å². The molecule has 63 heavy (non-hydrogen) atoms. The van der Waals surface area contributed by atoms with E-state index in [1.807, 2.05) is 170 Å². The van der Waals surface area contributed by atoms with Crippen molar-refractivity contribution in [3.05, 3.63) is 205 Å². The molecule has 0 radical (unpaired) electrons. The summed E-state index contributed by atoms with van der Waals surface area (Å²) in [6.07, 6.45) is 4.96. The van der Waals surface area contributed by atoms with Crippen molar-refractivity contribution in [2.75, 3.05) is 23.1 Å². The third-order valence-electron chi connectivity index (χ3n) is 10.0. The average Bonchev–Trinajstić information content (AvgIpc) is 3.77. The van der Waals surface area contributed by atoms with Crippen LogP contribution >= 0.6 is 23.1 Å². The van der Waals surface area contributed by atoms with Crippen LogP contribution in [-0.4, -0.2) is 42.7 Å². The van der Waals surface area contributed by atoms with E-state index in [0.717, 1.165) is 65.6 Å². The van der Waals surface area contributed by atoms with Gasteiger partial charge in [-0.15, -0.1) is 23.1 Å². The minimum absolute atomic E-state index is 0.130. The van der Waals surface area contributed by atoms with E-state index in [0.29, 0.717) is 22.4 Å². The molecule has 0 saturated heterocycles. The standard InChI is InChI=1S/C27H20N2O3S2.C25H20N2OS/c1-34(31,32)21-14-15-22(23(17-21)18-8-3-2-4-9-18)26(30)28-20-11-7-10-19(16-20)27-29-24-12-5-6-13-25(24)33-27;1-29-21-13-14-22(23(17-21)18-8-3-2-4-9-18)25(28)27-20-11-7-10-19(16-20)24-12-5-6-15-26-24/h2-17H,1H3,(H,28,30);2-17H,1H3,(H,27,28). The summed E-state index contributed by atoms with van der Waals surface area (Å²) < 4.78 is 25.3. The first kappa shape index (κ1) is 42.5. The molecular weight excluding hydrogens is 841 g/mol. The molecule has 0 fully saturated rings. The summed E-state index contributed by atoms with van der Waals surface area (Å²) in [7, 11) is -3.42. The largest absolute Gasteiger partial charge is 0.322 e. The fourth-order valence-electron chi connectivity index (χ4n) is 6.93. The number of para-hydroxylation sites is 1. The number of thioether (sulfide) groups is 1. The van der Waals surface area contributed by atoms with Gasteiger partial charge in [-0.1, -0.05) is 103 Å². The molecule has 310 valence electrons. The number of aromatic nitrogens is 2. The Hall–Kier alpha value is -7.18. The smallest absolute Gasteiger partial charge is 0.256 e. The van der Waals surface area contributed by atoms with Crippen LogP contribution in [0.2, 0.25) is 0 Å². The van der Waals surface area contributed by atoms with Crippen LogP contribution in [0.25, 0.3) is 54.3 Å². The molecule has 9 aromatic rings. The summed E-state index contributed by atoms with van der Waals surface area (Å²) in [5, 5.41) is 6.88. The molecule has 11 heteroatoms. The lowest BCUT2D eigenvalue weighted by molar-refractivity contribution is 0.101. The van der Waals surface area contributed by atoms with Crippen molar-refractivity contribution in [1.29, 1.82) is 0 Å². The molecule has 0 unspecified atom stereocenters. The molecule has 0 bridgehead atoms. The molecule has 0 spiro atoms. The number of hydrogen-bond donors (Lipinski definition) is 2. The number of carbonyl (C=O) groups excluding carboxylic acids is 2. The van der Waals surface area contributed by atoms with Crippen molar-refractivity contribution in [3.63, 3.8) is 0 Å². The minimum atomic E-state index is -3.42. The van der Waals surface area contributed by atoms with Crippen molar-refractivity contribution in [1.82, 2.24) is 9.97 Å². The lowest BCUT2D eigenvalue weighted by Crippen LogP contribution is -2.14. The number of sulfone groups is 1. The maximum Gasteiger partial charge on any atom is 0.256 e. The van der Waals surface area contributed by atoms with Gasteiger partial charge in [-0.05, 0) is 113 Å². The zero-order chi connectivity index (χ0) is 43.8. The molecule has 0 saturated carbocycles. The van der Waals surface area contributed by atoms with E-state index in [1.165, 1.54) is 6.07 Å². The quantitative estimate of drug-likeness (QED) is 0.131. The average molecular weight is 881 g/mol. The highest BCUT2D eigenvalue weighted by Crippen LogP contribution is 2.33. The Kier molecular flexibility index (Phi) is 13.0. The number of anilines is 2. The normalized spacial score (nSPS) is 11.0. The van der Waals surface area contributed by atoms with E-state index in [9.17, 15) is 18.0 Å². The van der Waals surface area contributed by atoms with Crippen LogP contribution in [0.3, 0.4) is 0 Å². The Morgan fingerprint density at radius 2 is 1.11 bits per heavy atom. The van der Waals surface area contributed by atoms with Gasteiger partial charge in [-0.3, -0.25) is 14.6 Å². The molecule has 7 aromatic carbocycles. The Morgan fingerprint density at radius 3 is 1.71 bits per heavy atom. The fraction of sp³-hybridized carbons (Fsp3) is 0.0385. The van der Waals surface area contributed by atoms with Crippen LogP contribution in [0.15, 0.2) is 204 Å². The summed E-state index contributed by atoms with van der Waals surface area (Å²) in [5.41, 5.74) is 9.38. The van der Waals surface area contributed by atoms with Gasteiger partial charge in [0.15, 0.2) is 9.84 Å². The van der Waals surface area contributed by atoms with E-state index >= 15 is 0 Å². The third-order valence-corrected chi connectivity index (χ3v) is 13.0. The van der Waals surface area contributed by atoms with Gasteiger partial charge < -0.3 is 10.6 Å². The van der Waals surface area contributed by atoms with Gasteiger partial charge in [0.1, 0.15) is 5.01 Å². The van der Waals surface area contributed by atoms with E-state index < -0.39 is 9.84 Å². The second-order valence-electron chi connectivity index (χ2n) is 14.4. The molecule has 0 aliphatic heterocycles. The predicted molar refractivity (Wildman–Crippen MR) is 259 cm³/mol. The van der Waals surface area contributed by atoms with Gasteiger partial charge in [-0.2, -0.15) is 0 Å². The van der Waals surface area contributed by atoms with Crippen molar-refractivity contribution in [3.8, 4) is 44.1 Å². The number of benzene rings is 7. The van der Waals surface area contributed by atoms with Crippen LogP contribution in [0.1, 0.15) is 20.7 Å². The van der Waals surface area contributed by atoms with Crippen molar-refractivity contribution < 1.29 is 18.0 Å². The van der Waals surface area contributed by atoms with Crippen LogP contribution in [0.4, 0.5) is 11.4 Å². The Morgan fingerprint density at radius 1 is 0.556 bits per heavy atom. The molecule has 2 aromatic heterocycles. The topological polar surface area (TPSA) is 118 Å². The zero-order valence-corrected chi connectivity index (χ0v) is 36.7. The van der Waals surface area contributed by atoms with Crippen molar-refractivity contribution in [2.45, 2.75) is 9.79 Å². The number of fused-ring (bicyclic) bond motifs is 1. The molecule has 2 amide bonds. The first-order valence-electron chi connectivity index (χ1n) is 19.9. The molecule has 2 N–H and O–H groups in total. The van der Waals surface area contributed by atoms with E-state index in [2.05, 4.69) is 21.7 Å². The van der Waals surface area contributed by atoms with Crippen molar-refractivity contribution in [2.24, 2.45) is 0 Å². The van der Waals surface area contributed by atoms with Gasteiger partial charge in [0.25, 0.3) is 11.8 Å². The number of thiazole rings is 1. The molecule has 0 aliphatic carbocycles. The minimum Gasteiger partial charge on any atom is -0.322 e. The number of amides is 2.